The number of rotatable bonds is 7. The highest BCUT2D eigenvalue weighted by Gasteiger charge is 2.13. The van der Waals surface area contributed by atoms with E-state index in [1.54, 1.807) is 12.1 Å². The first-order valence-corrected chi connectivity index (χ1v) is 6.93. The van der Waals surface area contributed by atoms with Crippen molar-refractivity contribution in [3.8, 4) is 11.5 Å². The van der Waals surface area contributed by atoms with Crippen LogP contribution in [0, 0.1) is 0 Å². The van der Waals surface area contributed by atoms with Gasteiger partial charge in [-0.25, -0.2) is 0 Å². The summed E-state index contributed by atoms with van der Waals surface area (Å²) in [7, 11) is -3.85. The van der Waals surface area contributed by atoms with Crippen molar-refractivity contribution < 1.29 is 17.7 Å². The summed E-state index contributed by atoms with van der Waals surface area (Å²) in [6, 6.07) is 5.92. The fraction of sp³-hybridized carbons (Fsp3) is 0.455. The molecule has 0 radical (unpaired) electrons. The molecule has 17 heavy (non-hydrogen) atoms. The van der Waals surface area contributed by atoms with Crippen molar-refractivity contribution in [3.63, 3.8) is 0 Å². The minimum atomic E-state index is -3.85. The molecule has 0 aliphatic heterocycles. The number of phenols is 1. The summed E-state index contributed by atoms with van der Waals surface area (Å²) in [6.07, 6.45) is 2.74. The van der Waals surface area contributed by atoms with E-state index in [1.165, 1.54) is 12.1 Å². The minimum absolute atomic E-state index is 0.0736. The molecular formula is C11H17NO4S. The Morgan fingerprint density at radius 2 is 2.00 bits per heavy atom. The first-order chi connectivity index (χ1) is 8.05. The van der Waals surface area contributed by atoms with Gasteiger partial charge in [-0.2, -0.15) is 13.1 Å². The van der Waals surface area contributed by atoms with Crippen LogP contribution in [0.15, 0.2) is 24.3 Å². The minimum Gasteiger partial charge on any atom is -0.504 e. The van der Waals surface area contributed by atoms with Crippen LogP contribution in [0.4, 0.5) is 0 Å². The highest BCUT2D eigenvalue weighted by atomic mass is 32.2. The van der Waals surface area contributed by atoms with Crippen molar-refractivity contribution in [2.24, 2.45) is 0 Å². The molecule has 96 valence electrons. The van der Waals surface area contributed by atoms with E-state index in [4.69, 9.17) is 4.18 Å². The monoisotopic (exact) mass is 259 g/mol. The number of aromatic hydroxyl groups is 1. The molecule has 0 saturated heterocycles. The van der Waals surface area contributed by atoms with Crippen LogP contribution in [0.1, 0.15) is 26.2 Å². The maximum Gasteiger partial charge on any atom is 0.382 e. The lowest BCUT2D eigenvalue weighted by molar-refractivity contribution is 0.422. The van der Waals surface area contributed by atoms with E-state index in [0.717, 1.165) is 19.3 Å². The molecule has 6 heteroatoms. The Hall–Kier alpha value is -1.27. The molecule has 1 aromatic rings. The molecular weight excluding hydrogens is 242 g/mol. The van der Waals surface area contributed by atoms with Gasteiger partial charge in [-0.05, 0) is 18.6 Å². The van der Waals surface area contributed by atoms with Crippen LogP contribution in [-0.4, -0.2) is 20.1 Å². The average molecular weight is 259 g/mol. The Kier molecular flexibility index (Phi) is 5.24. The van der Waals surface area contributed by atoms with Gasteiger partial charge in [0.25, 0.3) is 0 Å². The third-order valence-electron chi connectivity index (χ3n) is 2.12. The summed E-state index contributed by atoms with van der Waals surface area (Å²) in [4.78, 5) is 0. The number of nitrogens with one attached hydrogen (secondary N) is 1. The average Bonchev–Trinajstić information content (AvgIpc) is 2.28. The normalized spacial score (nSPS) is 11.4. The lowest BCUT2D eigenvalue weighted by Gasteiger charge is -2.08. The molecule has 0 aliphatic rings. The fourth-order valence-corrected chi connectivity index (χ4v) is 2.08. The van der Waals surface area contributed by atoms with Gasteiger partial charge in [-0.15, -0.1) is 0 Å². The van der Waals surface area contributed by atoms with Crippen LogP contribution in [-0.2, 0) is 10.3 Å². The van der Waals surface area contributed by atoms with Crippen LogP contribution in [0.5, 0.6) is 11.5 Å². The number of unbranched alkanes of at least 4 members (excludes halogenated alkanes) is 2. The zero-order chi connectivity index (χ0) is 12.7. The zero-order valence-electron chi connectivity index (χ0n) is 9.72. The van der Waals surface area contributed by atoms with Gasteiger partial charge in [0.05, 0.1) is 0 Å². The van der Waals surface area contributed by atoms with Gasteiger partial charge in [0.2, 0.25) is 0 Å². The Labute approximate surface area is 102 Å². The van der Waals surface area contributed by atoms with Crippen LogP contribution in [0.3, 0.4) is 0 Å². The molecule has 0 unspecified atom stereocenters. The molecule has 0 bridgehead atoms. The summed E-state index contributed by atoms with van der Waals surface area (Å²) in [5.41, 5.74) is 0. The molecule has 1 aromatic carbocycles. The summed E-state index contributed by atoms with van der Waals surface area (Å²) in [5, 5.41) is 9.37. The van der Waals surface area contributed by atoms with Gasteiger partial charge in [0.15, 0.2) is 11.5 Å². The van der Waals surface area contributed by atoms with E-state index in [1.807, 2.05) is 6.92 Å². The number of para-hydroxylation sites is 2. The topological polar surface area (TPSA) is 75.6 Å². The molecule has 5 nitrogen and oxygen atoms in total. The van der Waals surface area contributed by atoms with Crippen molar-refractivity contribution in [2.75, 3.05) is 6.54 Å². The first kappa shape index (κ1) is 13.8. The molecule has 0 heterocycles. The predicted octanol–water partition coefficient (Wildman–Crippen LogP) is 1.80. The second-order valence-electron chi connectivity index (χ2n) is 3.61. The van der Waals surface area contributed by atoms with Crippen molar-refractivity contribution in [1.29, 1.82) is 0 Å². The molecule has 2 N–H and O–H groups in total. The Balaban J connectivity index is 2.52. The van der Waals surface area contributed by atoms with E-state index in [-0.39, 0.29) is 11.5 Å². The lowest BCUT2D eigenvalue weighted by atomic mass is 10.3. The molecule has 0 amide bonds. The number of hydrogen-bond acceptors (Lipinski definition) is 4. The third-order valence-corrected chi connectivity index (χ3v) is 3.08. The smallest absolute Gasteiger partial charge is 0.382 e. The van der Waals surface area contributed by atoms with E-state index in [9.17, 15) is 13.5 Å². The molecule has 0 atom stereocenters. The number of phenolic OH excluding ortho intramolecular Hbond substituents is 1. The van der Waals surface area contributed by atoms with Crippen molar-refractivity contribution in [3.05, 3.63) is 24.3 Å². The Morgan fingerprint density at radius 3 is 2.65 bits per heavy atom. The first-order valence-electron chi connectivity index (χ1n) is 5.52. The van der Waals surface area contributed by atoms with Crippen LogP contribution < -0.4 is 8.91 Å². The number of hydrogen-bond donors (Lipinski definition) is 2. The standard InChI is InChI=1S/C11H17NO4S/c1-2-3-6-9-12-17(14,15)16-11-8-5-4-7-10(11)13/h4-5,7-8,12-13H,2-3,6,9H2,1H3. The summed E-state index contributed by atoms with van der Waals surface area (Å²) in [6.45, 7) is 2.37. The summed E-state index contributed by atoms with van der Waals surface area (Å²) >= 11 is 0. The largest absolute Gasteiger partial charge is 0.504 e. The van der Waals surface area contributed by atoms with Crippen LogP contribution >= 0.6 is 0 Å². The van der Waals surface area contributed by atoms with Gasteiger partial charge in [-0.1, -0.05) is 31.9 Å². The quantitative estimate of drug-likeness (QED) is 0.732. The van der Waals surface area contributed by atoms with E-state index in [2.05, 4.69) is 4.72 Å². The Bertz CT molecular complexity index is 445. The SMILES string of the molecule is CCCCCNS(=O)(=O)Oc1ccccc1O. The molecule has 0 aliphatic carbocycles. The zero-order valence-corrected chi connectivity index (χ0v) is 10.5. The van der Waals surface area contributed by atoms with Gasteiger partial charge < -0.3 is 9.29 Å². The molecule has 0 aromatic heterocycles. The number of benzene rings is 1. The van der Waals surface area contributed by atoms with E-state index < -0.39 is 10.3 Å². The van der Waals surface area contributed by atoms with Gasteiger partial charge in [-0.3, -0.25) is 0 Å². The van der Waals surface area contributed by atoms with Crippen LogP contribution in [0.25, 0.3) is 0 Å². The van der Waals surface area contributed by atoms with Crippen molar-refractivity contribution in [2.45, 2.75) is 26.2 Å². The molecule has 0 saturated carbocycles. The third kappa shape index (κ3) is 5.06. The lowest BCUT2D eigenvalue weighted by Crippen LogP contribution is -2.29. The second-order valence-corrected chi connectivity index (χ2v) is 4.97. The highest BCUT2D eigenvalue weighted by molar-refractivity contribution is 7.85. The maximum atomic E-state index is 11.5. The van der Waals surface area contributed by atoms with E-state index >= 15 is 0 Å². The van der Waals surface area contributed by atoms with Crippen molar-refractivity contribution in [1.82, 2.24) is 4.72 Å². The second kappa shape index (κ2) is 6.46. The molecule has 0 spiro atoms. The molecule has 1 rings (SSSR count). The highest BCUT2D eigenvalue weighted by Crippen LogP contribution is 2.25. The van der Waals surface area contributed by atoms with E-state index in [0.29, 0.717) is 6.54 Å². The van der Waals surface area contributed by atoms with Gasteiger partial charge >= 0.3 is 10.3 Å². The van der Waals surface area contributed by atoms with Gasteiger partial charge in [0.1, 0.15) is 0 Å². The molecule has 0 fully saturated rings. The Morgan fingerprint density at radius 1 is 1.29 bits per heavy atom. The predicted molar refractivity (Wildman–Crippen MR) is 65.2 cm³/mol. The summed E-state index contributed by atoms with van der Waals surface area (Å²) in [5.74, 6) is -0.276. The summed E-state index contributed by atoms with van der Waals surface area (Å²) < 4.78 is 30.0. The fourth-order valence-electron chi connectivity index (χ4n) is 1.25. The van der Waals surface area contributed by atoms with Crippen molar-refractivity contribution >= 4 is 10.3 Å². The van der Waals surface area contributed by atoms with Crippen LogP contribution in [0.2, 0.25) is 0 Å². The maximum absolute atomic E-state index is 11.5. The van der Waals surface area contributed by atoms with Gasteiger partial charge in [0, 0.05) is 6.54 Å².